The Kier molecular flexibility index (Phi) is 3.76. The van der Waals surface area contributed by atoms with Crippen molar-refractivity contribution in [2.45, 2.75) is 0 Å². The van der Waals surface area contributed by atoms with E-state index < -0.39 is 0 Å². The van der Waals surface area contributed by atoms with Gasteiger partial charge in [0.1, 0.15) is 0 Å². The molecule has 0 atom stereocenters. The highest BCUT2D eigenvalue weighted by Gasteiger charge is 2.11. The standard InChI is InChI=1S/C8H6Br2ClNO/c9-3-8(13)4-1-7(12)5(10)2-6(4)11/h1-2H,3,12H2. The first-order chi connectivity index (χ1) is 6.06. The predicted octanol–water partition coefficient (Wildman–Crippen LogP) is 3.26. The van der Waals surface area contributed by atoms with Gasteiger partial charge in [0.05, 0.1) is 10.4 Å². The summed E-state index contributed by atoms with van der Waals surface area (Å²) in [6.07, 6.45) is 0. The third kappa shape index (κ3) is 2.45. The van der Waals surface area contributed by atoms with E-state index in [-0.39, 0.29) is 11.1 Å². The summed E-state index contributed by atoms with van der Waals surface area (Å²) < 4.78 is 0.698. The van der Waals surface area contributed by atoms with Crippen molar-refractivity contribution in [1.82, 2.24) is 0 Å². The summed E-state index contributed by atoms with van der Waals surface area (Å²) in [5.74, 6) is -0.0794. The highest BCUT2D eigenvalue weighted by Crippen LogP contribution is 2.27. The summed E-state index contributed by atoms with van der Waals surface area (Å²) in [5.41, 5.74) is 6.56. The Balaban J connectivity index is 3.23. The Morgan fingerprint density at radius 1 is 1.54 bits per heavy atom. The minimum atomic E-state index is -0.0794. The van der Waals surface area contributed by atoms with Crippen LogP contribution in [0.3, 0.4) is 0 Å². The van der Waals surface area contributed by atoms with E-state index in [0.29, 0.717) is 20.7 Å². The lowest BCUT2D eigenvalue weighted by Gasteiger charge is -2.04. The number of benzene rings is 1. The van der Waals surface area contributed by atoms with E-state index >= 15 is 0 Å². The molecule has 0 radical (unpaired) electrons. The Hall–Kier alpha value is -0.0600. The van der Waals surface area contributed by atoms with E-state index in [1.54, 1.807) is 12.1 Å². The first kappa shape index (κ1) is 11.0. The maximum Gasteiger partial charge on any atom is 0.174 e. The summed E-state index contributed by atoms with van der Waals surface area (Å²) in [5, 5.41) is 0.652. The average molecular weight is 327 g/mol. The van der Waals surface area contributed by atoms with Gasteiger partial charge < -0.3 is 5.73 Å². The molecule has 0 aromatic heterocycles. The maximum absolute atomic E-state index is 11.3. The van der Waals surface area contributed by atoms with Crippen LogP contribution in [0.25, 0.3) is 0 Å². The molecule has 0 saturated heterocycles. The number of hydrogen-bond donors (Lipinski definition) is 1. The Labute approximate surface area is 97.7 Å². The van der Waals surface area contributed by atoms with Gasteiger partial charge in [0, 0.05) is 15.7 Å². The molecule has 0 unspecified atom stereocenters. The lowest BCUT2D eigenvalue weighted by Crippen LogP contribution is -2.02. The number of Topliss-reactive ketones (excluding diaryl/α,β-unsaturated/α-hetero) is 1. The first-order valence-corrected chi connectivity index (χ1v) is 5.69. The highest BCUT2D eigenvalue weighted by atomic mass is 79.9. The summed E-state index contributed by atoms with van der Waals surface area (Å²) in [7, 11) is 0. The number of nitrogen functional groups attached to an aromatic ring is 1. The van der Waals surface area contributed by atoms with Gasteiger partial charge in [-0.15, -0.1) is 0 Å². The van der Waals surface area contributed by atoms with Crippen LogP contribution < -0.4 is 5.73 Å². The fourth-order valence-electron chi connectivity index (χ4n) is 0.851. The van der Waals surface area contributed by atoms with Gasteiger partial charge in [-0.25, -0.2) is 0 Å². The molecule has 0 aliphatic rings. The van der Waals surface area contributed by atoms with Crippen LogP contribution in [-0.4, -0.2) is 11.1 Å². The summed E-state index contributed by atoms with van der Waals surface area (Å²) >= 11 is 12.1. The van der Waals surface area contributed by atoms with Gasteiger partial charge in [0.15, 0.2) is 5.78 Å². The number of alkyl halides is 1. The van der Waals surface area contributed by atoms with Gasteiger partial charge in [-0.05, 0) is 28.1 Å². The molecule has 0 aliphatic heterocycles. The number of hydrogen-bond acceptors (Lipinski definition) is 2. The van der Waals surface area contributed by atoms with E-state index in [1.807, 2.05) is 0 Å². The zero-order valence-corrected chi connectivity index (χ0v) is 10.4. The van der Waals surface area contributed by atoms with Gasteiger partial charge >= 0.3 is 0 Å². The lowest BCUT2D eigenvalue weighted by atomic mass is 10.1. The van der Waals surface area contributed by atoms with E-state index in [2.05, 4.69) is 31.9 Å². The quantitative estimate of drug-likeness (QED) is 0.515. The number of halogens is 3. The lowest BCUT2D eigenvalue weighted by molar-refractivity contribution is 0.102. The van der Waals surface area contributed by atoms with Gasteiger partial charge in [-0.1, -0.05) is 27.5 Å². The molecule has 13 heavy (non-hydrogen) atoms. The minimum absolute atomic E-state index is 0.0794. The fourth-order valence-corrected chi connectivity index (χ4v) is 1.90. The second kappa shape index (κ2) is 4.44. The van der Waals surface area contributed by atoms with E-state index in [9.17, 15) is 4.79 Å². The van der Waals surface area contributed by atoms with Crippen molar-refractivity contribution in [2.75, 3.05) is 11.1 Å². The van der Waals surface area contributed by atoms with E-state index in [4.69, 9.17) is 17.3 Å². The van der Waals surface area contributed by atoms with E-state index in [1.165, 1.54) is 0 Å². The maximum atomic E-state index is 11.3. The SMILES string of the molecule is Nc1cc(C(=O)CBr)c(Cl)cc1Br. The van der Waals surface area contributed by atoms with Crippen LogP contribution in [0.2, 0.25) is 5.02 Å². The van der Waals surface area contributed by atoms with Crippen LogP contribution >= 0.6 is 43.5 Å². The largest absolute Gasteiger partial charge is 0.398 e. The zero-order chi connectivity index (χ0) is 10.0. The van der Waals surface area contributed by atoms with E-state index in [0.717, 1.165) is 0 Å². The summed E-state index contributed by atoms with van der Waals surface area (Å²) in [6, 6.07) is 3.18. The van der Waals surface area contributed by atoms with Crippen LogP contribution in [0.5, 0.6) is 0 Å². The Morgan fingerprint density at radius 2 is 2.15 bits per heavy atom. The molecule has 0 amide bonds. The smallest absolute Gasteiger partial charge is 0.174 e. The molecule has 0 aliphatic carbocycles. The number of carbonyl (C=O) groups excluding carboxylic acids is 1. The van der Waals surface area contributed by atoms with Crippen LogP contribution in [0.15, 0.2) is 16.6 Å². The first-order valence-electron chi connectivity index (χ1n) is 3.40. The molecule has 0 saturated carbocycles. The van der Waals surface area contributed by atoms with Gasteiger partial charge in [0.2, 0.25) is 0 Å². The minimum Gasteiger partial charge on any atom is -0.398 e. The predicted molar refractivity (Wildman–Crippen MR) is 61.7 cm³/mol. The van der Waals surface area contributed by atoms with Crippen molar-refractivity contribution in [1.29, 1.82) is 0 Å². The Bertz CT molecular complexity index is 354. The van der Waals surface area contributed by atoms with Crippen molar-refractivity contribution < 1.29 is 4.79 Å². The number of rotatable bonds is 2. The molecule has 2 nitrogen and oxygen atoms in total. The Morgan fingerprint density at radius 3 is 2.69 bits per heavy atom. The third-order valence-electron chi connectivity index (χ3n) is 1.51. The van der Waals surface area contributed by atoms with Gasteiger partial charge in [-0.2, -0.15) is 0 Å². The topological polar surface area (TPSA) is 43.1 Å². The highest BCUT2D eigenvalue weighted by molar-refractivity contribution is 9.10. The molecule has 1 aromatic rings. The van der Waals surface area contributed by atoms with Crippen LogP contribution in [0.4, 0.5) is 5.69 Å². The second-order valence-electron chi connectivity index (χ2n) is 2.41. The normalized spacial score (nSPS) is 10.1. The average Bonchev–Trinajstić information content (AvgIpc) is 2.10. The van der Waals surface area contributed by atoms with Crippen molar-refractivity contribution >= 4 is 54.9 Å². The molecular weight excluding hydrogens is 321 g/mol. The molecule has 70 valence electrons. The van der Waals surface area contributed by atoms with Crippen molar-refractivity contribution in [3.05, 3.63) is 27.2 Å². The van der Waals surface area contributed by atoms with Crippen molar-refractivity contribution in [2.24, 2.45) is 0 Å². The van der Waals surface area contributed by atoms with Crippen LogP contribution in [0, 0.1) is 0 Å². The third-order valence-corrected chi connectivity index (χ3v) is 3.02. The fraction of sp³-hybridized carbons (Fsp3) is 0.125. The number of ketones is 1. The number of carbonyl (C=O) groups is 1. The summed E-state index contributed by atoms with van der Waals surface area (Å²) in [6.45, 7) is 0. The van der Waals surface area contributed by atoms with Gasteiger partial charge in [-0.3, -0.25) is 4.79 Å². The van der Waals surface area contributed by atoms with Gasteiger partial charge in [0.25, 0.3) is 0 Å². The molecular formula is C8H6Br2ClNO. The van der Waals surface area contributed by atoms with Crippen molar-refractivity contribution in [3.63, 3.8) is 0 Å². The molecule has 0 heterocycles. The molecule has 0 fully saturated rings. The van der Waals surface area contributed by atoms with Crippen LogP contribution in [0.1, 0.15) is 10.4 Å². The molecule has 2 N–H and O–H groups in total. The van der Waals surface area contributed by atoms with Crippen molar-refractivity contribution in [3.8, 4) is 0 Å². The molecule has 1 aromatic carbocycles. The second-order valence-corrected chi connectivity index (χ2v) is 4.23. The number of nitrogens with two attached hydrogens (primary N) is 1. The molecule has 0 bridgehead atoms. The van der Waals surface area contributed by atoms with Crippen LogP contribution in [-0.2, 0) is 0 Å². The monoisotopic (exact) mass is 325 g/mol. The summed E-state index contributed by atoms with van der Waals surface area (Å²) in [4.78, 5) is 11.3. The molecule has 5 heteroatoms. The number of anilines is 1. The molecule has 1 rings (SSSR count). The zero-order valence-electron chi connectivity index (χ0n) is 6.48. The molecule has 0 spiro atoms.